The summed E-state index contributed by atoms with van der Waals surface area (Å²) in [7, 11) is 0. The van der Waals surface area contributed by atoms with Crippen LogP contribution in [0.5, 0.6) is 0 Å². The molecule has 2 heteroatoms. The fourth-order valence-corrected chi connectivity index (χ4v) is 3.64. The normalized spacial score (nSPS) is 14.9. The molecule has 0 N–H and O–H groups in total. The zero-order chi connectivity index (χ0) is 11.7. The smallest absolute Gasteiger partial charge is 0.0406 e. The average molecular weight is 261 g/mol. The standard InChI is InChI=1S/C15H13ClS/c16-13-5-7-14(8-6-13)17-15-9-11-3-1-2-4-12(11)10-15/h1-8,15H,9-10H2. The molecule has 0 nitrogen and oxygen atoms in total. The van der Waals surface area contributed by atoms with Gasteiger partial charge in [0.25, 0.3) is 0 Å². The quantitative estimate of drug-likeness (QED) is 0.761. The third kappa shape index (κ3) is 2.51. The van der Waals surface area contributed by atoms with Crippen LogP contribution in [0.15, 0.2) is 53.4 Å². The van der Waals surface area contributed by atoms with Crippen LogP contribution in [-0.2, 0) is 12.8 Å². The first-order valence-corrected chi connectivity index (χ1v) is 7.06. The number of hydrogen-bond donors (Lipinski definition) is 0. The van der Waals surface area contributed by atoms with Gasteiger partial charge in [-0.15, -0.1) is 11.8 Å². The number of halogens is 1. The molecule has 1 aliphatic rings. The minimum absolute atomic E-state index is 0.675. The van der Waals surface area contributed by atoms with Crippen molar-refractivity contribution < 1.29 is 0 Å². The van der Waals surface area contributed by atoms with Crippen LogP contribution >= 0.6 is 23.4 Å². The number of rotatable bonds is 2. The molecule has 0 saturated heterocycles. The summed E-state index contributed by atoms with van der Waals surface area (Å²) < 4.78 is 0. The van der Waals surface area contributed by atoms with E-state index in [1.54, 1.807) is 0 Å². The molecule has 0 heterocycles. The molecule has 0 aliphatic heterocycles. The van der Waals surface area contributed by atoms with Gasteiger partial charge >= 0.3 is 0 Å². The van der Waals surface area contributed by atoms with Crippen LogP contribution in [-0.4, -0.2) is 5.25 Å². The summed E-state index contributed by atoms with van der Waals surface area (Å²) in [6.07, 6.45) is 2.37. The highest BCUT2D eigenvalue weighted by atomic mass is 35.5. The molecule has 17 heavy (non-hydrogen) atoms. The van der Waals surface area contributed by atoms with Gasteiger partial charge in [-0.1, -0.05) is 35.9 Å². The van der Waals surface area contributed by atoms with Gasteiger partial charge in [0.05, 0.1) is 0 Å². The lowest BCUT2D eigenvalue weighted by Crippen LogP contribution is -2.00. The maximum absolute atomic E-state index is 5.89. The van der Waals surface area contributed by atoms with Crippen LogP contribution in [0.2, 0.25) is 5.02 Å². The van der Waals surface area contributed by atoms with Crippen molar-refractivity contribution in [3.05, 3.63) is 64.7 Å². The fourth-order valence-electron chi connectivity index (χ4n) is 2.31. The first kappa shape index (κ1) is 11.2. The highest BCUT2D eigenvalue weighted by Crippen LogP contribution is 2.34. The zero-order valence-electron chi connectivity index (χ0n) is 9.40. The maximum Gasteiger partial charge on any atom is 0.0406 e. The lowest BCUT2D eigenvalue weighted by Gasteiger charge is -2.08. The van der Waals surface area contributed by atoms with E-state index in [1.807, 2.05) is 23.9 Å². The van der Waals surface area contributed by atoms with Gasteiger partial charge in [-0.25, -0.2) is 0 Å². The van der Waals surface area contributed by atoms with Gasteiger partial charge in [0.15, 0.2) is 0 Å². The number of thioether (sulfide) groups is 1. The Morgan fingerprint density at radius 2 is 1.47 bits per heavy atom. The molecule has 2 aromatic carbocycles. The lowest BCUT2D eigenvalue weighted by molar-refractivity contribution is 0.934. The van der Waals surface area contributed by atoms with E-state index < -0.39 is 0 Å². The van der Waals surface area contributed by atoms with E-state index in [0.717, 1.165) is 5.02 Å². The summed E-state index contributed by atoms with van der Waals surface area (Å²) in [5.74, 6) is 0. The van der Waals surface area contributed by atoms with Gasteiger partial charge in [0, 0.05) is 15.2 Å². The Labute approximate surface area is 111 Å². The van der Waals surface area contributed by atoms with Crippen molar-refractivity contribution >= 4 is 23.4 Å². The summed E-state index contributed by atoms with van der Waals surface area (Å²) in [6, 6.07) is 16.9. The lowest BCUT2D eigenvalue weighted by atomic mass is 10.1. The van der Waals surface area contributed by atoms with Crippen LogP contribution in [0.1, 0.15) is 11.1 Å². The van der Waals surface area contributed by atoms with E-state index in [1.165, 1.54) is 28.9 Å². The Kier molecular flexibility index (Phi) is 3.13. The molecule has 0 bridgehead atoms. The zero-order valence-corrected chi connectivity index (χ0v) is 11.0. The van der Waals surface area contributed by atoms with Crippen LogP contribution in [0.3, 0.4) is 0 Å². The SMILES string of the molecule is Clc1ccc(SC2Cc3ccccc3C2)cc1. The third-order valence-corrected chi connectivity index (χ3v) is 4.59. The molecule has 0 unspecified atom stereocenters. The number of fused-ring (bicyclic) bond motifs is 1. The van der Waals surface area contributed by atoms with Crippen molar-refractivity contribution in [3.8, 4) is 0 Å². The molecule has 0 spiro atoms. The van der Waals surface area contributed by atoms with E-state index in [9.17, 15) is 0 Å². The Morgan fingerprint density at radius 3 is 2.06 bits per heavy atom. The molecule has 0 saturated carbocycles. The second-order valence-electron chi connectivity index (χ2n) is 4.37. The second kappa shape index (κ2) is 4.75. The molecule has 0 atom stereocenters. The molecule has 0 aromatic heterocycles. The largest absolute Gasteiger partial charge is 0.122 e. The predicted molar refractivity (Wildman–Crippen MR) is 74.9 cm³/mol. The molecular formula is C15H13ClS. The first-order chi connectivity index (χ1) is 8.31. The van der Waals surface area contributed by atoms with Crippen molar-refractivity contribution in [2.45, 2.75) is 23.0 Å². The van der Waals surface area contributed by atoms with Gasteiger partial charge < -0.3 is 0 Å². The van der Waals surface area contributed by atoms with Crippen LogP contribution in [0, 0.1) is 0 Å². The van der Waals surface area contributed by atoms with Crippen molar-refractivity contribution in [2.75, 3.05) is 0 Å². The van der Waals surface area contributed by atoms with Crippen molar-refractivity contribution in [1.82, 2.24) is 0 Å². The van der Waals surface area contributed by atoms with E-state index in [2.05, 4.69) is 36.4 Å². The van der Waals surface area contributed by atoms with Crippen molar-refractivity contribution in [3.63, 3.8) is 0 Å². The highest BCUT2D eigenvalue weighted by Gasteiger charge is 2.21. The summed E-state index contributed by atoms with van der Waals surface area (Å²) in [4.78, 5) is 1.31. The average Bonchev–Trinajstić information content (AvgIpc) is 2.74. The van der Waals surface area contributed by atoms with E-state index >= 15 is 0 Å². The Morgan fingerprint density at radius 1 is 0.882 bits per heavy atom. The van der Waals surface area contributed by atoms with Crippen molar-refractivity contribution in [1.29, 1.82) is 0 Å². The minimum Gasteiger partial charge on any atom is -0.122 e. The Hall–Kier alpha value is -0.920. The van der Waals surface area contributed by atoms with E-state index in [0.29, 0.717) is 5.25 Å². The highest BCUT2D eigenvalue weighted by molar-refractivity contribution is 8.00. The van der Waals surface area contributed by atoms with Crippen LogP contribution < -0.4 is 0 Å². The van der Waals surface area contributed by atoms with E-state index in [4.69, 9.17) is 11.6 Å². The molecular weight excluding hydrogens is 248 g/mol. The van der Waals surface area contributed by atoms with Gasteiger partial charge in [0.1, 0.15) is 0 Å². The molecule has 86 valence electrons. The summed E-state index contributed by atoms with van der Waals surface area (Å²) in [6.45, 7) is 0. The number of hydrogen-bond acceptors (Lipinski definition) is 1. The van der Waals surface area contributed by atoms with Crippen LogP contribution in [0.4, 0.5) is 0 Å². The molecule has 3 rings (SSSR count). The van der Waals surface area contributed by atoms with Crippen molar-refractivity contribution in [2.24, 2.45) is 0 Å². The van der Waals surface area contributed by atoms with Gasteiger partial charge in [-0.2, -0.15) is 0 Å². The monoisotopic (exact) mass is 260 g/mol. The number of benzene rings is 2. The molecule has 1 aliphatic carbocycles. The summed E-state index contributed by atoms with van der Waals surface area (Å²) >= 11 is 7.85. The predicted octanol–water partition coefficient (Wildman–Crippen LogP) is 4.60. The topological polar surface area (TPSA) is 0 Å². The Bertz CT molecular complexity index is 494. The molecule has 0 amide bonds. The van der Waals surface area contributed by atoms with Gasteiger partial charge in [-0.3, -0.25) is 0 Å². The van der Waals surface area contributed by atoms with Gasteiger partial charge in [0.2, 0.25) is 0 Å². The molecule has 0 radical (unpaired) electrons. The van der Waals surface area contributed by atoms with Crippen LogP contribution in [0.25, 0.3) is 0 Å². The molecule has 2 aromatic rings. The van der Waals surface area contributed by atoms with E-state index in [-0.39, 0.29) is 0 Å². The maximum atomic E-state index is 5.89. The second-order valence-corrected chi connectivity index (χ2v) is 6.18. The van der Waals surface area contributed by atoms with Gasteiger partial charge in [-0.05, 0) is 48.2 Å². The minimum atomic E-state index is 0.675. The molecule has 0 fully saturated rings. The Balaban J connectivity index is 1.71. The third-order valence-electron chi connectivity index (χ3n) is 3.13. The summed E-state index contributed by atoms with van der Waals surface area (Å²) in [5.41, 5.74) is 3.03. The summed E-state index contributed by atoms with van der Waals surface area (Å²) in [5, 5.41) is 1.48. The fraction of sp³-hybridized carbons (Fsp3) is 0.200. The first-order valence-electron chi connectivity index (χ1n) is 5.80.